The molecule has 0 radical (unpaired) electrons. The smallest absolute Gasteiger partial charge is 0.231 e. The molecule has 6 heterocycles. The Morgan fingerprint density at radius 3 is 1.17 bits per heavy atom. The lowest BCUT2D eigenvalue weighted by molar-refractivity contribution is 0.127. The van der Waals surface area contributed by atoms with Gasteiger partial charge in [0.2, 0.25) is 27.2 Å². The van der Waals surface area contributed by atoms with Crippen LogP contribution in [-0.4, -0.2) is 38.8 Å². The van der Waals surface area contributed by atoms with Gasteiger partial charge in [-0.2, -0.15) is 0 Å². The molecule has 0 aromatic heterocycles. The summed E-state index contributed by atoms with van der Waals surface area (Å²) >= 11 is 14.1. The molecule has 14 heteroatoms. The molecule has 6 aromatic carbocycles. The third-order valence-corrected chi connectivity index (χ3v) is 12.6. The molecule has 6 aromatic rings. The Labute approximate surface area is 353 Å². The molecule has 12 nitrogen and oxygen atoms in total. The first kappa shape index (κ1) is 35.2. The van der Waals surface area contributed by atoms with Crippen LogP contribution in [0.1, 0.15) is 45.5 Å². The van der Waals surface area contributed by atoms with Gasteiger partial charge in [0, 0.05) is 11.1 Å². The summed E-state index contributed by atoms with van der Waals surface area (Å²) in [6.07, 6.45) is 0. The van der Waals surface area contributed by atoms with Crippen LogP contribution in [0, 0.1) is 0 Å². The predicted molar refractivity (Wildman–Crippen MR) is 221 cm³/mol. The van der Waals surface area contributed by atoms with Crippen LogP contribution in [-0.2, 0) is 11.1 Å². The van der Waals surface area contributed by atoms with Crippen molar-refractivity contribution in [3.63, 3.8) is 0 Å². The quantitative estimate of drug-likeness (QED) is 0.162. The summed E-state index contributed by atoms with van der Waals surface area (Å²) in [4.78, 5) is 11.3. The van der Waals surface area contributed by atoms with Gasteiger partial charge in [-0.15, -0.1) is 0 Å². The molecule has 0 fully saturated rings. The van der Waals surface area contributed by atoms with E-state index in [1.165, 1.54) is 0 Å². The van der Waals surface area contributed by atoms with Gasteiger partial charge in [0.25, 0.3) is 0 Å². The number of hydrogen-bond donors (Lipinski definition) is 2. The first-order valence-electron chi connectivity index (χ1n) is 19.3. The van der Waals surface area contributed by atoms with Gasteiger partial charge in [-0.3, -0.25) is 9.98 Å². The Bertz CT molecular complexity index is 2650. The van der Waals surface area contributed by atoms with Gasteiger partial charge in [0.1, 0.15) is 34.8 Å². The molecule has 4 unspecified atom stereocenters. The minimum absolute atomic E-state index is 0.0807. The molecular weight excluding hydrogens is 807 g/mol. The zero-order valence-electron chi connectivity index (χ0n) is 31.4. The second-order valence-electron chi connectivity index (χ2n) is 14.9. The maximum absolute atomic E-state index is 7.06. The fraction of sp³-hybridized carbons (Fsp3) is 0.174. The van der Waals surface area contributed by atoms with Crippen LogP contribution in [0.2, 0.25) is 10.0 Å². The Morgan fingerprint density at radius 2 is 0.767 bits per heavy atom. The van der Waals surface area contributed by atoms with Crippen LogP contribution in [0.5, 0.6) is 46.0 Å². The summed E-state index contributed by atoms with van der Waals surface area (Å²) in [5.74, 6) is 5.99. The van der Waals surface area contributed by atoms with Crippen LogP contribution < -0.4 is 48.5 Å². The van der Waals surface area contributed by atoms with Crippen molar-refractivity contribution in [1.82, 2.24) is 10.6 Å². The van der Waals surface area contributed by atoms with Crippen molar-refractivity contribution in [2.75, 3.05) is 27.2 Å². The molecular formula is C46H32Cl2N4O8. The normalized spacial score (nSPS) is 23.6. The molecule has 0 bridgehead atoms. The lowest BCUT2D eigenvalue weighted by Gasteiger charge is -2.53. The molecule has 2 N–H and O–H groups in total. The monoisotopic (exact) mass is 838 g/mol. The molecule has 0 saturated heterocycles. The van der Waals surface area contributed by atoms with Crippen LogP contribution in [0.3, 0.4) is 0 Å². The number of fused-ring (bicyclic) bond motifs is 4. The van der Waals surface area contributed by atoms with Crippen molar-refractivity contribution in [3.05, 3.63) is 165 Å². The average molecular weight is 840 g/mol. The lowest BCUT2D eigenvalue weighted by Crippen LogP contribution is -2.67. The Morgan fingerprint density at radius 1 is 0.417 bits per heavy atom. The van der Waals surface area contributed by atoms with Crippen molar-refractivity contribution >= 4 is 34.9 Å². The molecule has 0 saturated carbocycles. The molecule has 6 aliphatic heterocycles. The van der Waals surface area contributed by atoms with E-state index in [4.69, 9.17) is 71.1 Å². The SMILES string of the molecule is Clc1ccccc1C1=NC(c2ccc3c(c2)OCO3)C(c2ccc3c(c2)OCO3)(C2(c3ccc4c(c3)OCO4)NC(c3ccccc3Cl)=NC2c2ccc3c(c2)OCO3)N1. The van der Waals surface area contributed by atoms with E-state index in [1.54, 1.807) is 0 Å². The molecule has 298 valence electrons. The Kier molecular flexibility index (Phi) is 7.85. The van der Waals surface area contributed by atoms with Crippen LogP contribution >= 0.6 is 23.2 Å². The molecule has 0 aliphatic carbocycles. The van der Waals surface area contributed by atoms with E-state index < -0.39 is 23.2 Å². The zero-order chi connectivity index (χ0) is 40.0. The first-order chi connectivity index (χ1) is 29.5. The number of benzene rings is 6. The van der Waals surface area contributed by atoms with Gasteiger partial charge < -0.3 is 48.5 Å². The fourth-order valence-electron chi connectivity index (χ4n) is 9.25. The summed E-state index contributed by atoms with van der Waals surface area (Å²) in [5.41, 5.74) is 2.01. The summed E-state index contributed by atoms with van der Waals surface area (Å²) in [6.45, 7) is 0.370. The van der Waals surface area contributed by atoms with Gasteiger partial charge >= 0.3 is 0 Å². The van der Waals surface area contributed by atoms with Crippen LogP contribution in [0.25, 0.3) is 0 Å². The first-order valence-corrected chi connectivity index (χ1v) is 20.1. The van der Waals surface area contributed by atoms with E-state index in [0.29, 0.717) is 78.8 Å². The minimum Gasteiger partial charge on any atom is -0.454 e. The average Bonchev–Trinajstić information content (AvgIpc) is 4.14. The number of amidine groups is 2. The molecule has 0 spiro atoms. The Hall–Kier alpha value is -6.76. The van der Waals surface area contributed by atoms with Gasteiger partial charge in [0.05, 0.1) is 10.0 Å². The van der Waals surface area contributed by atoms with Crippen molar-refractivity contribution in [2.45, 2.75) is 23.2 Å². The summed E-state index contributed by atoms with van der Waals surface area (Å²) < 4.78 is 47.7. The number of aliphatic imine (C=N–C) groups is 2. The summed E-state index contributed by atoms with van der Waals surface area (Å²) in [6, 6.07) is 37.7. The number of hydrogen-bond acceptors (Lipinski definition) is 12. The van der Waals surface area contributed by atoms with Crippen molar-refractivity contribution < 1.29 is 37.9 Å². The van der Waals surface area contributed by atoms with E-state index in [-0.39, 0.29) is 27.2 Å². The van der Waals surface area contributed by atoms with E-state index in [9.17, 15) is 0 Å². The molecule has 4 atom stereocenters. The van der Waals surface area contributed by atoms with Gasteiger partial charge in [0.15, 0.2) is 46.0 Å². The predicted octanol–water partition coefficient (Wildman–Crippen LogP) is 8.58. The highest BCUT2D eigenvalue weighted by molar-refractivity contribution is 6.34. The summed E-state index contributed by atoms with van der Waals surface area (Å²) in [5, 5.41) is 9.19. The van der Waals surface area contributed by atoms with E-state index in [2.05, 4.69) is 10.6 Å². The maximum Gasteiger partial charge on any atom is 0.231 e. The molecule has 0 amide bonds. The second-order valence-corrected chi connectivity index (χ2v) is 15.8. The molecule has 6 aliphatic rings. The van der Waals surface area contributed by atoms with E-state index in [1.807, 2.05) is 121 Å². The Balaban J connectivity index is 1.21. The standard InChI is InChI=1S/C46H32Cl2N4O8/c47-31-7-3-1-5-29(31)43-49-41(25-9-13-33-37(17-25)57-21-53-33)45(51-43,27-11-15-35-39(19-27)59-23-55-35)46(28-12-16-36-40(20-28)60-24-56-36)42(26-10-14-34-38(18-26)58-22-54-34)50-44(52-46)30-6-2-4-8-32(30)48/h1-20,41-42H,21-24H2,(H,49,51)(H,50,52). The lowest BCUT2D eigenvalue weighted by atomic mass is 9.59. The van der Waals surface area contributed by atoms with Crippen LogP contribution in [0.4, 0.5) is 0 Å². The fourth-order valence-corrected chi connectivity index (χ4v) is 9.70. The number of nitrogens with one attached hydrogen (secondary N) is 2. The van der Waals surface area contributed by atoms with Gasteiger partial charge in [-0.25, -0.2) is 0 Å². The van der Waals surface area contributed by atoms with Crippen molar-refractivity contribution in [1.29, 1.82) is 0 Å². The third-order valence-electron chi connectivity index (χ3n) is 11.9. The number of ether oxygens (including phenoxy) is 8. The number of nitrogens with zero attached hydrogens (tertiary/aromatic N) is 2. The summed E-state index contributed by atoms with van der Waals surface area (Å²) in [7, 11) is 0. The molecule has 12 rings (SSSR count). The van der Waals surface area contributed by atoms with Gasteiger partial charge in [-0.1, -0.05) is 71.7 Å². The minimum atomic E-state index is -1.32. The third kappa shape index (κ3) is 5.17. The highest BCUT2D eigenvalue weighted by atomic mass is 35.5. The van der Waals surface area contributed by atoms with Crippen molar-refractivity contribution in [2.24, 2.45) is 9.98 Å². The highest BCUT2D eigenvalue weighted by Crippen LogP contribution is 2.63. The van der Waals surface area contributed by atoms with E-state index in [0.717, 1.165) is 22.3 Å². The number of halogens is 2. The van der Waals surface area contributed by atoms with Gasteiger partial charge in [-0.05, 0) is 95.1 Å². The second kappa shape index (κ2) is 13.4. The van der Waals surface area contributed by atoms with Crippen molar-refractivity contribution in [3.8, 4) is 46.0 Å². The topological polar surface area (TPSA) is 123 Å². The van der Waals surface area contributed by atoms with E-state index >= 15 is 0 Å². The zero-order valence-corrected chi connectivity index (χ0v) is 33.0. The maximum atomic E-state index is 7.06. The largest absolute Gasteiger partial charge is 0.454 e. The number of rotatable bonds is 7. The highest BCUT2D eigenvalue weighted by Gasteiger charge is 2.68. The van der Waals surface area contributed by atoms with Crippen LogP contribution in [0.15, 0.2) is 131 Å². The molecule has 60 heavy (non-hydrogen) atoms.